The Morgan fingerprint density at radius 2 is 2.41 bits per heavy atom. The van der Waals surface area contributed by atoms with Crippen molar-refractivity contribution in [3.63, 3.8) is 0 Å². The van der Waals surface area contributed by atoms with Gasteiger partial charge in [0.05, 0.1) is 17.4 Å². The third-order valence-corrected chi connectivity index (χ3v) is 3.09. The van der Waals surface area contributed by atoms with Gasteiger partial charge in [-0.05, 0) is 38.0 Å². The van der Waals surface area contributed by atoms with Crippen molar-refractivity contribution >= 4 is 11.4 Å². The molecule has 90 valence electrons. The molecule has 0 spiro atoms. The molecule has 1 aromatic rings. The van der Waals surface area contributed by atoms with Crippen LogP contribution in [0.25, 0.3) is 0 Å². The van der Waals surface area contributed by atoms with Crippen LogP contribution in [0, 0.1) is 11.3 Å². The van der Waals surface area contributed by atoms with E-state index in [-0.39, 0.29) is 12.1 Å². The smallest absolute Gasteiger partial charge is 0.101 e. The van der Waals surface area contributed by atoms with E-state index >= 15 is 0 Å². The molecule has 3 N–H and O–H groups in total. The first-order valence-electron chi connectivity index (χ1n) is 5.88. The molecule has 4 nitrogen and oxygen atoms in total. The van der Waals surface area contributed by atoms with E-state index in [2.05, 4.69) is 18.3 Å². The van der Waals surface area contributed by atoms with Crippen LogP contribution >= 0.6 is 0 Å². The summed E-state index contributed by atoms with van der Waals surface area (Å²) >= 11 is 0. The summed E-state index contributed by atoms with van der Waals surface area (Å²) in [6, 6.07) is 7.71. The van der Waals surface area contributed by atoms with Gasteiger partial charge in [-0.2, -0.15) is 5.26 Å². The predicted octanol–water partition coefficient (Wildman–Crippen LogP) is 2.12. The number of hydrogen-bond donors (Lipinski definition) is 2. The SMILES string of the molecule is CC(Nc1ccc(C#N)c(N)c1)C1CCCO1. The van der Waals surface area contributed by atoms with Crippen LogP contribution < -0.4 is 11.1 Å². The number of nitrogen functional groups attached to an aromatic ring is 1. The van der Waals surface area contributed by atoms with Gasteiger partial charge < -0.3 is 15.8 Å². The van der Waals surface area contributed by atoms with Crippen LogP contribution in [0.4, 0.5) is 11.4 Å². The zero-order valence-corrected chi connectivity index (χ0v) is 9.94. The molecule has 1 aliphatic rings. The zero-order valence-electron chi connectivity index (χ0n) is 9.94. The van der Waals surface area contributed by atoms with Crippen molar-refractivity contribution in [3.05, 3.63) is 23.8 Å². The van der Waals surface area contributed by atoms with Crippen molar-refractivity contribution in [1.82, 2.24) is 0 Å². The topological polar surface area (TPSA) is 71.1 Å². The van der Waals surface area contributed by atoms with E-state index in [1.807, 2.05) is 6.07 Å². The normalized spacial score (nSPS) is 20.8. The Morgan fingerprint density at radius 1 is 1.59 bits per heavy atom. The number of anilines is 2. The van der Waals surface area contributed by atoms with Crippen molar-refractivity contribution in [1.29, 1.82) is 5.26 Å². The minimum Gasteiger partial charge on any atom is -0.398 e. The van der Waals surface area contributed by atoms with Crippen molar-refractivity contribution in [3.8, 4) is 6.07 Å². The van der Waals surface area contributed by atoms with Gasteiger partial charge in [-0.1, -0.05) is 0 Å². The lowest BCUT2D eigenvalue weighted by molar-refractivity contribution is 0.0996. The molecule has 2 rings (SSSR count). The zero-order chi connectivity index (χ0) is 12.3. The van der Waals surface area contributed by atoms with E-state index in [0.29, 0.717) is 11.3 Å². The summed E-state index contributed by atoms with van der Waals surface area (Å²) in [5.74, 6) is 0. The molecule has 0 radical (unpaired) electrons. The Bertz CT molecular complexity index is 433. The number of ether oxygens (including phenoxy) is 1. The molecule has 0 aromatic heterocycles. The number of benzene rings is 1. The van der Waals surface area contributed by atoms with Crippen LogP contribution in [0.5, 0.6) is 0 Å². The van der Waals surface area contributed by atoms with Crippen LogP contribution in [0.2, 0.25) is 0 Å². The van der Waals surface area contributed by atoms with Gasteiger partial charge in [0, 0.05) is 18.3 Å². The van der Waals surface area contributed by atoms with Crippen molar-refractivity contribution < 1.29 is 4.74 Å². The fraction of sp³-hybridized carbons (Fsp3) is 0.462. The second-order valence-corrected chi connectivity index (χ2v) is 4.40. The Morgan fingerprint density at radius 3 is 3.00 bits per heavy atom. The number of nitrogens with one attached hydrogen (secondary N) is 1. The van der Waals surface area contributed by atoms with Crippen molar-refractivity contribution in [2.45, 2.75) is 31.9 Å². The maximum absolute atomic E-state index is 8.79. The van der Waals surface area contributed by atoms with Gasteiger partial charge in [0.1, 0.15) is 6.07 Å². The third kappa shape index (κ3) is 2.69. The van der Waals surface area contributed by atoms with Gasteiger partial charge in [-0.3, -0.25) is 0 Å². The monoisotopic (exact) mass is 231 g/mol. The van der Waals surface area contributed by atoms with Crippen molar-refractivity contribution in [2.24, 2.45) is 0 Å². The van der Waals surface area contributed by atoms with Gasteiger partial charge in [0.15, 0.2) is 0 Å². The Balaban J connectivity index is 2.03. The summed E-state index contributed by atoms with van der Waals surface area (Å²) in [5, 5.41) is 12.2. The highest BCUT2D eigenvalue weighted by Crippen LogP contribution is 2.21. The average molecular weight is 231 g/mol. The molecule has 4 heteroatoms. The molecule has 1 aromatic carbocycles. The fourth-order valence-corrected chi connectivity index (χ4v) is 2.11. The maximum atomic E-state index is 8.79. The molecule has 2 unspecified atom stereocenters. The van der Waals surface area contributed by atoms with Gasteiger partial charge in [0.2, 0.25) is 0 Å². The molecule has 2 atom stereocenters. The van der Waals surface area contributed by atoms with Crippen LogP contribution in [-0.4, -0.2) is 18.8 Å². The third-order valence-electron chi connectivity index (χ3n) is 3.09. The van der Waals surface area contributed by atoms with Crippen LogP contribution in [0.1, 0.15) is 25.3 Å². The molecule has 1 fully saturated rings. The van der Waals surface area contributed by atoms with Gasteiger partial charge in [-0.15, -0.1) is 0 Å². The molecule has 1 aliphatic heterocycles. The van der Waals surface area contributed by atoms with E-state index in [4.69, 9.17) is 15.7 Å². The highest BCUT2D eigenvalue weighted by Gasteiger charge is 2.22. The summed E-state index contributed by atoms with van der Waals surface area (Å²) in [7, 11) is 0. The largest absolute Gasteiger partial charge is 0.398 e. The highest BCUT2D eigenvalue weighted by atomic mass is 16.5. The van der Waals surface area contributed by atoms with Gasteiger partial charge in [0.25, 0.3) is 0 Å². The second-order valence-electron chi connectivity index (χ2n) is 4.40. The molecule has 0 saturated carbocycles. The summed E-state index contributed by atoms with van der Waals surface area (Å²) in [6.45, 7) is 2.95. The minimum atomic E-state index is 0.254. The Labute approximate surface area is 101 Å². The molecule has 0 amide bonds. The predicted molar refractivity (Wildman–Crippen MR) is 67.6 cm³/mol. The summed E-state index contributed by atoms with van der Waals surface area (Å²) in [5.41, 5.74) is 7.73. The lowest BCUT2D eigenvalue weighted by Crippen LogP contribution is -2.29. The summed E-state index contributed by atoms with van der Waals surface area (Å²) < 4.78 is 5.62. The maximum Gasteiger partial charge on any atom is 0.101 e. The number of rotatable bonds is 3. The lowest BCUT2D eigenvalue weighted by Gasteiger charge is -2.21. The van der Waals surface area contributed by atoms with E-state index in [9.17, 15) is 0 Å². The molecule has 17 heavy (non-hydrogen) atoms. The molecular formula is C13H17N3O. The summed E-state index contributed by atoms with van der Waals surface area (Å²) in [6.07, 6.45) is 2.50. The first kappa shape index (κ1) is 11.7. The summed E-state index contributed by atoms with van der Waals surface area (Å²) in [4.78, 5) is 0. The van der Waals surface area contributed by atoms with E-state index < -0.39 is 0 Å². The van der Waals surface area contributed by atoms with Crippen LogP contribution in [0.15, 0.2) is 18.2 Å². The number of nitrogens with zero attached hydrogens (tertiary/aromatic N) is 1. The molecule has 0 aliphatic carbocycles. The number of nitriles is 1. The van der Waals surface area contributed by atoms with E-state index in [1.165, 1.54) is 0 Å². The minimum absolute atomic E-state index is 0.254. The first-order valence-corrected chi connectivity index (χ1v) is 5.88. The fourth-order valence-electron chi connectivity index (χ4n) is 2.11. The van der Waals surface area contributed by atoms with E-state index in [1.54, 1.807) is 12.1 Å². The standard InChI is InChI=1S/C13H17N3O/c1-9(13-3-2-6-17-13)16-11-5-4-10(8-14)12(15)7-11/h4-5,7,9,13,16H,2-3,6,15H2,1H3. The second kappa shape index (κ2) is 5.07. The molecule has 0 bridgehead atoms. The number of hydrogen-bond acceptors (Lipinski definition) is 4. The van der Waals surface area contributed by atoms with Crippen LogP contribution in [0.3, 0.4) is 0 Å². The quantitative estimate of drug-likeness (QED) is 0.782. The molecular weight excluding hydrogens is 214 g/mol. The first-order chi connectivity index (χ1) is 8.20. The Kier molecular flexibility index (Phi) is 3.50. The molecule has 1 saturated heterocycles. The van der Waals surface area contributed by atoms with Gasteiger partial charge in [-0.25, -0.2) is 0 Å². The average Bonchev–Trinajstić information content (AvgIpc) is 2.82. The van der Waals surface area contributed by atoms with Gasteiger partial charge >= 0.3 is 0 Å². The Hall–Kier alpha value is -1.73. The van der Waals surface area contributed by atoms with Crippen molar-refractivity contribution in [2.75, 3.05) is 17.7 Å². The van der Waals surface area contributed by atoms with E-state index in [0.717, 1.165) is 25.1 Å². The molecule has 1 heterocycles. The highest BCUT2D eigenvalue weighted by molar-refractivity contribution is 5.62. The lowest BCUT2D eigenvalue weighted by atomic mass is 10.1. The number of nitrogens with two attached hydrogens (primary N) is 1. The van der Waals surface area contributed by atoms with Crippen LogP contribution in [-0.2, 0) is 4.74 Å².